The SMILES string of the molecule is COCCN1CCC2(CCN(C(=O)c3cc(=O)n(-c4ccccc4)[nH]3)C2)C1=O. The lowest BCUT2D eigenvalue weighted by Gasteiger charge is -2.23. The van der Waals surface area contributed by atoms with Crippen LogP contribution in [0.2, 0.25) is 0 Å². The Kier molecular flexibility index (Phi) is 4.80. The lowest BCUT2D eigenvalue weighted by atomic mass is 9.85. The van der Waals surface area contributed by atoms with Crippen molar-refractivity contribution in [2.24, 2.45) is 5.41 Å². The molecule has 1 unspecified atom stereocenters. The fraction of sp³-hybridized carbons (Fsp3) is 0.450. The van der Waals surface area contributed by atoms with Crippen LogP contribution in [-0.2, 0) is 9.53 Å². The molecule has 0 radical (unpaired) electrons. The van der Waals surface area contributed by atoms with Gasteiger partial charge in [-0.2, -0.15) is 0 Å². The minimum atomic E-state index is -0.494. The zero-order chi connectivity index (χ0) is 19.7. The number of amides is 2. The van der Waals surface area contributed by atoms with Crippen molar-refractivity contribution in [3.63, 3.8) is 0 Å². The highest BCUT2D eigenvalue weighted by Gasteiger charge is 2.51. The van der Waals surface area contributed by atoms with Crippen molar-refractivity contribution < 1.29 is 14.3 Å². The number of benzene rings is 1. The molecule has 2 amide bonds. The third kappa shape index (κ3) is 3.13. The third-order valence-corrected chi connectivity index (χ3v) is 5.77. The van der Waals surface area contributed by atoms with Crippen molar-refractivity contribution in [1.29, 1.82) is 0 Å². The monoisotopic (exact) mass is 384 g/mol. The number of ether oxygens (including phenoxy) is 1. The first kappa shape index (κ1) is 18.5. The number of hydrogen-bond acceptors (Lipinski definition) is 4. The van der Waals surface area contributed by atoms with E-state index in [0.717, 1.165) is 6.42 Å². The van der Waals surface area contributed by atoms with Crippen LogP contribution >= 0.6 is 0 Å². The molecular weight excluding hydrogens is 360 g/mol. The van der Waals surface area contributed by atoms with E-state index in [-0.39, 0.29) is 23.1 Å². The summed E-state index contributed by atoms with van der Waals surface area (Å²) in [6.07, 6.45) is 1.41. The summed E-state index contributed by atoms with van der Waals surface area (Å²) in [5.41, 5.74) is 0.133. The van der Waals surface area contributed by atoms with Gasteiger partial charge in [-0.25, -0.2) is 4.68 Å². The Bertz CT molecular complexity index is 935. The second kappa shape index (κ2) is 7.27. The molecule has 8 nitrogen and oxygen atoms in total. The molecule has 2 aliphatic rings. The van der Waals surface area contributed by atoms with Gasteiger partial charge in [-0.05, 0) is 25.0 Å². The molecule has 28 heavy (non-hydrogen) atoms. The number of hydrogen-bond donors (Lipinski definition) is 1. The van der Waals surface area contributed by atoms with Crippen molar-refractivity contribution >= 4 is 11.8 Å². The van der Waals surface area contributed by atoms with Crippen LogP contribution in [0.1, 0.15) is 23.3 Å². The summed E-state index contributed by atoms with van der Waals surface area (Å²) in [5, 5.41) is 2.90. The molecule has 2 fully saturated rings. The van der Waals surface area contributed by atoms with Crippen LogP contribution in [0.15, 0.2) is 41.2 Å². The summed E-state index contributed by atoms with van der Waals surface area (Å²) in [4.78, 5) is 41.6. The second-order valence-electron chi connectivity index (χ2n) is 7.47. The summed E-state index contributed by atoms with van der Waals surface area (Å²) < 4.78 is 6.43. The molecule has 8 heteroatoms. The summed E-state index contributed by atoms with van der Waals surface area (Å²) in [6, 6.07) is 10.4. The number of rotatable bonds is 5. The number of aromatic nitrogens is 2. The van der Waals surface area contributed by atoms with Crippen molar-refractivity contribution in [1.82, 2.24) is 19.6 Å². The number of nitrogens with one attached hydrogen (secondary N) is 1. The van der Waals surface area contributed by atoms with Crippen LogP contribution in [-0.4, -0.2) is 71.3 Å². The van der Waals surface area contributed by atoms with Gasteiger partial charge >= 0.3 is 0 Å². The predicted molar refractivity (Wildman–Crippen MR) is 102 cm³/mol. The normalized spacial score (nSPS) is 21.8. The molecule has 0 aliphatic carbocycles. The van der Waals surface area contributed by atoms with E-state index in [4.69, 9.17) is 4.74 Å². The fourth-order valence-corrected chi connectivity index (χ4v) is 4.18. The molecule has 1 atom stereocenters. The largest absolute Gasteiger partial charge is 0.383 e. The molecule has 2 aliphatic heterocycles. The van der Waals surface area contributed by atoms with Gasteiger partial charge in [-0.3, -0.25) is 19.5 Å². The maximum Gasteiger partial charge on any atom is 0.271 e. The van der Waals surface area contributed by atoms with Gasteiger partial charge in [0.05, 0.1) is 17.7 Å². The topological polar surface area (TPSA) is 87.6 Å². The zero-order valence-corrected chi connectivity index (χ0v) is 15.9. The number of carbonyl (C=O) groups excluding carboxylic acids is 2. The predicted octanol–water partition coefficient (Wildman–Crippen LogP) is 0.877. The second-order valence-corrected chi connectivity index (χ2v) is 7.47. The molecule has 4 rings (SSSR count). The Labute approximate surface area is 162 Å². The molecule has 1 spiro atoms. The first-order valence-electron chi connectivity index (χ1n) is 9.49. The van der Waals surface area contributed by atoms with Crippen LogP contribution in [0.5, 0.6) is 0 Å². The molecule has 0 saturated carbocycles. The minimum absolute atomic E-state index is 0.107. The van der Waals surface area contributed by atoms with Gasteiger partial charge in [0.25, 0.3) is 11.5 Å². The first-order chi connectivity index (χ1) is 13.5. The number of para-hydroxylation sites is 1. The number of likely N-dealkylation sites (tertiary alicyclic amines) is 2. The highest BCUT2D eigenvalue weighted by molar-refractivity contribution is 5.94. The van der Waals surface area contributed by atoms with Crippen molar-refractivity contribution in [2.45, 2.75) is 12.8 Å². The van der Waals surface area contributed by atoms with E-state index in [9.17, 15) is 14.4 Å². The van der Waals surface area contributed by atoms with Crippen molar-refractivity contribution in [3.8, 4) is 5.69 Å². The maximum absolute atomic E-state index is 12.9. The molecule has 148 valence electrons. The molecule has 1 aromatic carbocycles. The van der Waals surface area contributed by atoms with Gasteiger partial charge in [0.1, 0.15) is 5.69 Å². The molecule has 2 aromatic rings. The minimum Gasteiger partial charge on any atom is -0.383 e. The first-order valence-corrected chi connectivity index (χ1v) is 9.49. The Morgan fingerprint density at radius 1 is 1.18 bits per heavy atom. The molecular formula is C20H24N4O4. The highest BCUT2D eigenvalue weighted by atomic mass is 16.5. The number of aromatic amines is 1. The number of carbonyl (C=O) groups is 2. The van der Waals surface area contributed by atoms with Gasteiger partial charge in [-0.15, -0.1) is 0 Å². The Morgan fingerprint density at radius 3 is 2.68 bits per heavy atom. The van der Waals surface area contributed by atoms with Crippen LogP contribution in [0.3, 0.4) is 0 Å². The molecule has 1 N–H and O–H groups in total. The van der Waals surface area contributed by atoms with E-state index in [1.807, 2.05) is 23.1 Å². The van der Waals surface area contributed by atoms with Crippen LogP contribution in [0.4, 0.5) is 0 Å². The Morgan fingerprint density at radius 2 is 1.93 bits per heavy atom. The average Bonchev–Trinajstić information content (AvgIpc) is 3.40. The Hall–Kier alpha value is -2.87. The van der Waals surface area contributed by atoms with E-state index in [1.165, 1.54) is 10.7 Å². The maximum atomic E-state index is 12.9. The van der Waals surface area contributed by atoms with E-state index in [0.29, 0.717) is 44.9 Å². The molecule has 2 saturated heterocycles. The lowest BCUT2D eigenvalue weighted by Crippen LogP contribution is -2.39. The molecule has 0 bridgehead atoms. The van der Waals surface area contributed by atoms with Gasteiger partial charge in [0.15, 0.2) is 0 Å². The fourth-order valence-electron chi connectivity index (χ4n) is 4.18. The number of nitrogens with zero attached hydrogens (tertiary/aromatic N) is 3. The summed E-state index contributed by atoms with van der Waals surface area (Å²) >= 11 is 0. The van der Waals surface area contributed by atoms with Crippen molar-refractivity contribution in [2.75, 3.05) is 39.9 Å². The summed E-state index contributed by atoms with van der Waals surface area (Å²) in [6.45, 7) is 2.70. The van der Waals surface area contributed by atoms with Crippen molar-refractivity contribution in [3.05, 3.63) is 52.4 Å². The van der Waals surface area contributed by atoms with E-state index in [1.54, 1.807) is 24.1 Å². The van der Waals surface area contributed by atoms with Gasteiger partial charge in [0, 0.05) is 39.4 Å². The smallest absolute Gasteiger partial charge is 0.271 e. The average molecular weight is 384 g/mol. The van der Waals surface area contributed by atoms with E-state index in [2.05, 4.69) is 5.10 Å². The quantitative estimate of drug-likeness (QED) is 0.829. The third-order valence-electron chi connectivity index (χ3n) is 5.77. The van der Waals surface area contributed by atoms with Crippen LogP contribution in [0, 0.1) is 5.41 Å². The zero-order valence-electron chi connectivity index (χ0n) is 15.9. The Balaban J connectivity index is 1.49. The van der Waals surface area contributed by atoms with Gasteiger partial charge < -0.3 is 14.5 Å². The summed E-state index contributed by atoms with van der Waals surface area (Å²) in [5.74, 6) is -0.137. The molecule has 1 aromatic heterocycles. The highest BCUT2D eigenvalue weighted by Crippen LogP contribution is 2.40. The van der Waals surface area contributed by atoms with Gasteiger partial charge in [0.2, 0.25) is 5.91 Å². The van der Waals surface area contributed by atoms with E-state index >= 15 is 0 Å². The number of methoxy groups -OCH3 is 1. The molecule has 3 heterocycles. The van der Waals surface area contributed by atoms with Gasteiger partial charge in [-0.1, -0.05) is 18.2 Å². The lowest BCUT2D eigenvalue weighted by molar-refractivity contribution is -0.135. The number of H-pyrrole nitrogens is 1. The van der Waals surface area contributed by atoms with E-state index < -0.39 is 5.41 Å². The summed E-state index contributed by atoms with van der Waals surface area (Å²) in [7, 11) is 1.62. The van der Waals surface area contributed by atoms with Crippen LogP contribution in [0.25, 0.3) is 5.69 Å². The standard InChI is InChI=1S/C20H24N4O4/c1-28-12-11-22-9-7-20(19(22)27)8-10-23(14-20)18(26)16-13-17(25)24(21-16)15-5-3-2-4-6-15/h2-6,13,21H,7-12,14H2,1H3. The van der Waals surface area contributed by atoms with Crippen LogP contribution < -0.4 is 5.56 Å².